The average Bonchev–Trinajstić information content (AvgIpc) is 2.04. The zero-order chi connectivity index (χ0) is 9.14. The molecule has 0 aliphatic heterocycles. The molecule has 0 saturated carbocycles. The Labute approximate surface area is 90.0 Å². The highest BCUT2D eigenvalue weighted by Crippen LogP contribution is 2.07. The van der Waals surface area contributed by atoms with E-state index in [1.807, 2.05) is 0 Å². The zero-order valence-corrected chi connectivity index (χ0v) is 8.02. The first-order valence-corrected chi connectivity index (χ1v) is 3.18. The fraction of sp³-hybridized carbons (Fsp3) is 0. The number of benzene rings is 1. The van der Waals surface area contributed by atoms with Gasteiger partial charge in [-0.3, -0.25) is 0 Å². The van der Waals surface area contributed by atoms with Crippen molar-refractivity contribution in [3.63, 3.8) is 0 Å². The smallest absolute Gasteiger partial charge is 0.336 e. The van der Waals surface area contributed by atoms with Crippen LogP contribution in [-0.2, 0) is 0 Å². The van der Waals surface area contributed by atoms with E-state index in [9.17, 15) is 9.59 Å². The summed E-state index contributed by atoms with van der Waals surface area (Å²) in [4.78, 5) is 20.9. The minimum absolute atomic E-state index is 0. The lowest BCUT2D eigenvalue weighted by Crippen LogP contribution is -2.06. The molecule has 0 saturated heterocycles. The molecule has 0 spiro atoms. The van der Waals surface area contributed by atoms with Crippen molar-refractivity contribution in [2.24, 2.45) is 0 Å². The topological polar surface area (TPSA) is 201 Å². The van der Waals surface area contributed by atoms with Gasteiger partial charge in [0.15, 0.2) is 0 Å². The summed E-state index contributed by atoms with van der Waals surface area (Å²) in [7, 11) is 0. The largest absolute Gasteiger partial charge is 0.478 e. The maximum atomic E-state index is 10.5. The Kier molecular flexibility index (Phi) is 14.1. The van der Waals surface area contributed by atoms with Gasteiger partial charge in [0, 0.05) is 0 Å². The van der Waals surface area contributed by atoms with Crippen molar-refractivity contribution in [1.82, 2.24) is 0 Å². The molecule has 0 aromatic heterocycles. The van der Waals surface area contributed by atoms with Gasteiger partial charge < -0.3 is 32.1 Å². The van der Waals surface area contributed by atoms with E-state index in [2.05, 4.69) is 0 Å². The molecule has 16 heavy (non-hydrogen) atoms. The molecule has 0 aliphatic carbocycles. The van der Waals surface area contributed by atoms with Crippen LogP contribution in [0, 0.1) is 0 Å². The summed E-state index contributed by atoms with van der Waals surface area (Å²) in [6, 6.07) is 5.48. The number of aromatic carboxylic acids is 2. The third-order valence-electron chi connectivity index (χ3n) is 1.39. The van der Waals surface area contributed by atoms with Crippen LogP contribution in [0.5, 0.6) is 0 Å². The van der Waals surface area contributed by atoms with E-state index < -0.39 is 11.9 Å². The molecule has 0 atom stereocenters. The normalized spacial score (nSPS) is 7.00. The van der Waals surface area contributed by atoms with Crippen LogP contribution in [0.2, 0.25) is 0 Å². The van der Waals surface area contributed by atoms with Crippen LogP contribution in [0.15, 0.2) is 24.3 Å². The van der Waals surface area contributed by atoms with E-state index in [1.165, 1.54) is 24.3 Å². The van der Waals surface area contributed by atoms with Gasteiger partial charge in [-0.1, -0.05) is 12.1 Å². The molecular formula is C8H14O8. The van der Waals surface area contributed by atoms with Gasteiger partial charge in [0.1, 0.15) is 0 Å². The highest BCUT2D eigenvalue weighted by Gasteiger charge is 2.13. The molecule has 0 amide bonds. The number of hydrogen-bond donors (Lipinski definition) is 2. The van der Waals surface area contributed by atoms with Crippen molar-refractivity contribution in [2.45, 2.75) is 0 Å². The lowest BCUT2D eigenvalue weighted by molar-refractivity contribution is 0.0651. The SMILES string of the molecule is O.O.O.O.O=C(O)c1ccccc1C(=O)O. The number of hydrogen-bond acceptors (Lipinski definition) is 2. The molecular weight excluding hydrogens is 224 g/mol. The first kappa shape index (κ1) is 23.7. The molecule has 1 rings (SSSR count). The van der Waals surface area contributed by atoms with Gasteiger partial charge in [0.2, 0.25) is 0 Å². The summed E-state index contributed by atoms with van der Waals surface area (Å²) in [5.41, 5.74) is -0.380. The second-order valence-electron chi connectivity index (χ2n) is 2.16. The van der Waals surface area contributed by atoms with Crippen molar-refractivity contribution in [3.8, 4) is 0 Å². The maximum absolute atomic E-state index is 10.5. The fourth-order valence-electron chi connectivity index (χ4n) is 0.856. The van der Waals surface area contributed by atoms with Crippen LogP contribution in [0.1, 0.15) is 20.7 Å². The predicted octanol–water partition coefficient (Wildman–Crippen LogP) is -2.22. The van der Waals surface area contributed by atoms with E-state index in [0.717, 1.165) is 0 Å². The summed E-state index contributed by atoms with van der Waals surface area (Å²) < 4.78 is 0. The van der Waals surface area contributed by atoms with Crippen LogP contribution in [-0.4, -0.2) is 44.1 Å². The highest BCUT2D eigenvalue weighted by molar-refractivity contribution is 6.01. The monoisotopic (exact) mass is 238 g/mol. The molecule has 0 fully saturated rings. The molecule has 0 bridgehead atoms. The zero-order valence-electron chi connectivity index (χ0n) is 8.02. The summed E-state index contributed by atoms with van der Waals surface area (Å²) in [5.74, 6) is -2.46. The Morgan fingerprint density at radius 3 is 1.19 bits per heavy atom. The number of carboxylic acid groups (broad SMARTS) is 2. The van der Waals surface area contributed by atoms with Crippen LogP contribution in [0.3, 0.4) is 0 Å². The molecule has 1 aromatic rings. The lowest BCUT2D eigenvalue weighted by atomic mass is 10.1. The predicted molar refractivity (Wildman–Crippen MR) is 54.8 cm³/mol. The van der Waals surface area contributed by atoms with Crippen molar-refractivity contribution >= 4 is 11.9 Å². The van der Waals surface area contributed by atoms with E-state index in [1.54, 1.807) is 0 Å². The number of rotatable bonds is 2. The van der Waals surface area contributed by atoms with Crippen molar-refractivity contribution < 1.29 is 41.7 Å². The Morgan fingerprint density at radius 2 is 1.00 bits per heavy atom. The summed E-state index contributed by atoms with van der Waals surface area (Å²) in [6.07, 6.45) is 0. The van der Waals surface area contributed by atoms with Crippen molar-refractivity contribution in [1.29, 1.82) is 0 Å². The molecule has 10 N–H and O–H groups in total. The molecule has 8 heteroatoms. The summed E-state index contributed by atoms with van der Waals surface area (Å²) >= 11 is 0. The van der Waals surface area contributed by atoms with Crippen LogP contribution in [0.4, 0.5) is 0 Å². The second-order valence-corrected chi connectivity index (χ2v) is 2.16. The van der Waals surface area contributed by atoms with E-state index in [-0.39, 0.29) is 33.0 Å². The van der Waals surface area contributed by atoms with Crippen LogP contribution in [0.25, 0.3) is 0 Å². The molecule has 0 heterocycles. The van der Waals surface area contributed by atoms with Gasteiger partial charge in [-0.05, 0) is 12.1 Å². The third kappa shape index (κ3) is 5.02. The van der Waals surface area contributed by atoms with E-state index in [0.29, 0.717) is 0 Å². The number of carbonyl (C=O) groups is 2. The molecule has 0 aliphatic rings. The van der Waals surface area contributed by atoms with Gasteiger partial charge in [0.05, 0.1) is 11.1 Å². The van der Waals surface area contributed by atoms with E-state index >= 15 is 0 Å². The van der Waals surface area contributed by atoms with Crippen molar-refractivity contribution in [3.05, 3.63) is 35.4 Å². The quantitative estimate of drug-likeness (QED) is 0.587. The van der Waals surface area contributed by atoms with Crippen LogP contribution >= 0.6 is 0 Å². The summed E-state index contributed by atoms with van der Waals surface area (Å²) in [6.45, 7) is 0. The molecule has 0 unspecified atom stereocenters. The van der Waals surface area contributed by atoms with Gasteiger partial charge in [-0.15, -0.1) is 0 Å². The standard InChI is InChI=1S/C8H6O4.4H2O/c9-7(10)5-3-1-2-4-6(5)8(11)12;;;;/h1-4H,(H,9,10)(H,11,12);4*1H2. The third-order valence-corrected chi connectivity index (χ3v) is 1.39. The Morgan fingerprint density at radius 1 is 0.750 bits per heavy atom. The molecule has 8 nitrogen and oxygen atoms in total. The van der Waals surface area contributed by atoms with Gasteiger partial charge >= 0.3 is 11.9 Å². The Bertz CT molecular complexity index is 302. The maximum Gasteiger partial charge on any atom is 0.336 e. The van der Waals surface area contributed by atoms with E-state index in [4.69, 9.17) is 10.2 Å². The molecule has 1 aromatic carbocycles. The first-order valence-electron chi connectivity index (χ1n) is 3.18. The minimum atomic E-state index is -1.23. The second kappa shape index (κ2) is 9.55. The Hall–Kier alpha value is -2.00. The van der Waals surface area contributed by atoms with Gasteiger partial charge in [-0.25, -0.2) is 9.59 Å². The van der Waals surface area contributed by atoms with Gasteiger partial charge in [-0.2, -0.15) is 0 Å². The lowest BCUT2D eigenvalue weighted by Gasteiger charge is -1.98. The number of carboxylic acids is 2. The Balaban J connectivity index is -0.000000180. The van der Waals surface area contributed by atoms with Crippen molar-refractivity contribution in [2.75, 3.05) is 0 Å². The molecule has 0 radical (unpaired) electrons. The average molecular weight is 238 g/mol. The summed E-state index contributed by atoms with van der Waals surface area (Å²) in [5, 5.41) is 17.1. The highest BCUT2D eigenvalue weighted by atomic mass is 16.4. The molecule has 94 valence electrons. The van der Waals surface area contributed by atoms with Gasteiger partial charge in [0.25, 0.3) is 0 Å². The minimum Gasteiger partial charge on any atom is -0.478 e. The van der Waals surface area contributed by atoms with Crippen LogP contribution < -0.4 is 0 Å². The first-order chi connectivity index (χ1) is 5.63. The fourth-order valence-corrected chi connectivity index (χ4v) is 0.856.